The van der Waals surface area contributed by atoms with E-state index >= 15 is 0 Å². The Morgan fingerprint density at radius 1 is 1.56 bits per heavy atom. The number of nitrogens with zero attached hydrogens (tertiary/aromatic N) is 2. The third kappa shape index (κ3) is 3.02. The Balaban J connectivity index is 1.87. The minimum atomic E-state index is -0.789. The van der Waals surface area contributed by atoms with Crippen molar-refractivity contribution in [1.29, 1.82) is 5.26 Å². The monoisotopic (exact) mass is 264 g/mol. The van der Waals surface area contributed by atoms with Gasteiger partial charge in [-0.1, -0.05) is 30.7 Å². The number of likely N-dealkylation sites (tertiary alicyclic amines) is 1. The van der Waals surface area contributed by atoms with Gasteiger partial charge >= 0.3 is 0 Å². The zero-order valence-corrected chi connectivity index (χ0v) is 11.2. The lowest BCUT2D eigenvalue weighted by molar-refractivity contribution is -0.0949. The number of aliphatic hydroxyl groups is 1. The van der Waals surface area contributed by atoms with Crippen LogP contribution in [0.2, 0.25) is 5.02 Å². The highest BCUT2D eigenvalue weighted by Gasteiger charge is 2.41. The molecule has 1 heterocycles. The van der Waals surface area contributed by atoms with Crippen LogP contribution in [-0.4, -0.2) is 35.2 Å². The van der Waals surface area contributed by atoms with Gasteiger partial charge in [0.05, 0.1) is 12.5 Å². The maximum Gasteiger partial charge on any atom is 0.103 e. The molecule has 1 aromatic rings. The number of benzene rings is 1. The van der Waals surface area contributed by atoms with Crippen LogP contribution in [0, 0.1) is 11.3 Å². The predicted octanol–water partition coefficient (Wildman–Crippen LogP) is 2.40. The molecule has 0 amide bonds. The summed E-state index contributed by atoms with van der Waals surface area (Å²) >= 11 is 5.97. The summed E-state index contributed by atoms with van der Waals surface area (Å²) in [6.07, 6.45) is 0.217. The van der Waals surface area contributed by atoms with E-state index in [-0.39, 0.29) is 6.42 Å². The van der Waals surface area contributed by atoms with E-state index in [0.717, 1.165) is 11.6 Å². The molecule has 0 radical (unpaired) electrons. The van der Waals surface area contributed by atoms with Gasteiger partial charge in [-0.2, -0.15) is 5.26 Å². The highest BCUT2D eigenvalue weighted by molar-refractivity contribution is 6.30. The molecule has 0 saturated carbocycles. The number of rotatable bonds is 4. The zero-order valence-electron chi connectivity index (χ0n) is 10.4. The van der Waals surface area contributed by atoms with Gasteiger partial charge in [-0.05, 0) is 23.6 Å². The molecule has 1 aliphatic heterocycles. The molecule has 1 aliphatic rings. The number of hydrogen-bond donors (Lipinski definition) is 1. The maximum absolute atomic E-state index is 9.92. The second-order valence-corrected chi connectivity index (χ2v) is 5.62. The van der Waals surface area contributed by atoms with Crippen LogP contribution >= 0.6 is 11.6 Å². The molecule has 0 bridgehead atoms. The molecule has 18 heavy (non-hydrogen) atoms. The van der Waals surface area contributed by atoms with Gasteiger partial charge in [0.1, 0.15) is 5.60 Å². The Labute approximate surface area is 113 Å². The van der Waals surface area contributed by atoms with Crippen molar-refractivity contribution in [2.75, 3.05) is 19.6 Å². The molecule has 0 aliphatic carbocycles. The van der Waals surface area contributed by atoms with E-state index in [1.807, 2.05) is 24.3 Å². The highest BCUT2D eigenvalue weighted by atomic mass is 35.5. The van der Waals surface area contributed by atoms with E-state index in [9.17, 15) is 5.11 Å². The van der Waals surface area contributed by atoms with Crippen molar-refractivity contribution in [2.24, 2.45) is 0 Å². The Hall–Kier alpha value is -1.08. The summed E-state index contributed by atoms with van der Waals surface area (Å²) in [6, 6.07) is 9.90. The fraction of sp³-hybridized carbons (Fsp3) is 0.500. The molecular formula is C14H17ClN2O. The molecule has 1 atom stereocenters. The van der Waals surface area contributed by atoms with Crippen molar-refractivity contribution >= 4 is 11.6 Å². The molecule has 2 rings (SSSR count). The van der Waals surface area contributed by atoms with E-state index in [1.54, 1.807) is 0 Å². The Kier molecular flexibility index (Phi) is 3.91. The second-order valence-electron chi connectivity index (χ2n) is 5.18. The van der Waals surface area contributed by atoms with Crippen molar-refractivity contribution in [3.63, 3.8) is 0 Å². The number of halogens is 1. The number of hydrogen-bond acceptors (Lipinski definition) is 3. The van der Waals surface area contributed by atoms with Crippen LogP contribution in [0.3, 0.4) is 0 Å². The highest BCUT2D eigenvalue weighted by Crippen LogP contribution is 2.28. The van der Waals surface area contributed by atoms with Gasteiger partial charge in [-0.25, -0.2) is 0 Å². The summed E-state index contributed by atoms with van der Waals surface area (Å²) in [5, 5.41) is 19.3. The van der Waals surface area contributed by atoms with Crippen molar-refractivity contribution in [2.45, 2.75) is 24.9 Å². The molecule has 1 aromatic carbocycles. The Bertz CT molecular complexity index is 463. The standard InChI is InChI=1S/C14H17ClN2O/c1-11(12-3-2-4-13(15)7-12)8-17-9-14(18,10-17)5-6-16/h2-4,7,11,18H,5,8-10H2,1H3/t11-/m0/s1. The van der Waals surface area contributed by atoms with Crippen molar-refractivity contribution in [3.05, 3.63) is 34.9 Å². The molecule has 0 aromatic heterocycles. The van der Waals surface area contributed by atoms with Gasteiger partial charge in [0.25, 0.3) is 0 Å². The molecular weight excluding hydrogens is 248 g/mol. The first-order valence-electron chi connectivity index (χ1n) is 6.09. The average molecular weight is 265 g/mol. The number of β-amino-alcohol motifs (C(OH)–C–C–N with tert-alkyl or cyclic N) is 1. The topological polar surface area (TPSA) is 47.3 Å². The van der Waals surface area contributed by atoms with Crippen LogP contribution in [0.1, 0.15) is 24.8 Å². The molecule has 1 N–H and O–H groups in total. The average Bonchev–Trinajstić information content (AvgIpc) is 2.27. The van der Waals surface area contributed by atoms with Crippen LogP contribution in [0.4, 0.5) is 0 Å². The first-order chi connectivity index (χ1) is 8.52. The quantitative estimate of drug-likeness (QED) is 0.908. The Morgan fingerprint density at radius 2 is 2.28 bits per heavy atom. The van der Waals surface area contributed by atoms with Gasteiger partial charge in [0.15, 0.2) is 0 Å². The molecule has 3 nitrogen and oxygen atoms in total. The lowest BCUT2D eigenvalue weighted by atomic mass is 9.89. The summed E-state index contributed by atoms with van der Waals surface area (Å²) < 4.78 is 0. The maximum atomic E-state index is 9.92. The van der Waals surface area contributed by atoms with Crippen molar-refractivity contribution in [1.82, 2.24) is 4.90 Å². The second kappa shape index (κ2) is 5.27. The molecule has 1 fully saturated rings. The third-order valence-corrected chi connectivity index (χ3v) is 3.63. The fourth-order valence-corrected chi connectivity index (χ4v) is 2.68. The summed E-state index contributed by atoms with van der Waals surface area (Å²) in [5.74, 6) is 0.371. The molecule has 4 heteroatoms. The first kappa shape index (κ1) is 13.4. The van der Waals surface area contributed by atoms with Gasteiger partial charge in [0, 0.05) is 24.7 Å². The van der Waals surface area contributed by atoms with Crippen molar-refractivity contribution < 1.29 is 5.11 Å². The molecule has 96 valence electrons. The van der Waals surface area contributed by atoms with Gasteiger partial charge in [0.2, 0.25) is 0 Å². The van der Waals surface area contributed by atoms with Crippen molar-refractivity contribution in [3.8, 4) is 6.07 Å². The van der Waals surface area contributed by atoms with Crippen LogP contribution < -0.4 is 0 Å². The first-order valence-corrected chi connectivity index (χ1v) is 6.47. The minimum Gasteiger partial charge on any atom is -0.386 e. The summed E-state index contributed by atoms with van der Waals surface area (Å²) in [6.45, 7) is 4.21. The van der Waals surface area contributed by atoms with Crippen LogP contribution in [0.5, 0.6) is 0 Å². The number of nitriles is 1. The fourth-order valence-electron chi connectivity index (χ4n) is 2.48. The zero-order chi connectivity index (χ0) is 13.2. The minimum absolute atomic E-state index is 0.217. The smallest absolute Gasteiger partial charge is 0.103 e. The molecule has 1 saturated heterocycles. The molecule has 0 spiro atoms. The van der Waals surface area contributed by atoms with Crippen LogP contribution in [0.25, 0.3) is 0 Å². The van der Waals surface area contributed by atoms with E-state index in [0.29, 0.717) is 19.0 Å². The summed E-state index contributed by atoms with van der Waals surface area (Å²) in [7, 11) is 0. The van der Waals surface area contributed by atoms with E-state index in [2.05, 4.69) is 17.9 Å². The van der Waals surface area contributed by atoms with Gasteiger partial charge < -0.3 is 5.11 Å². The third-order valence-electron chi connectivity index (χ3n) is 3.39. The lowest BCUT2D eigenvalue weighted by Gasteiger charge is -2.46. The van der Waals surface area contributed by atoms with Crippen LogP contribution in [0.15, 0.2) is 24.3 Å². The summed E-state index contributed by atoms with van der Waals surface area (Å²) in [4.78, 5) is 2.17. The van der Waals surface area contributed by atoms with E-state index < -0.39 is 5.60 Å². The van der Waals surface area contributed by atoms with E-state index in [4.69, 9.17) is 16.9 Å². The lowest BCUT2D eigenvalue weighted by Crippen LogP contribution is -2.62. The largest absolute Gasteiger partial charge is 0.386 e. The van der Waals surface area contributed by atoms with Gasteiger partial charge in [-0.15, -0.1) is 0 Å². The molecule has 0 unspecified atom stereocenters. The predicted molar refractivity (Wildman–Crippen MR) is 71.5 cm³/mol. The van der Waals surface area contributed by atoms with Crippen LogP contribution in [-0.2, 0) is 0 Å². The van der Waals surface area contributed by atoms with E-state index in [1.165, 1.54) is 5.56 Å². The normalized spacial score (nSPS) is 19.9. The SMILES string of the molecule is C[C@@H](CN1CC(O)(CC#N)C1)c1cccc(Cl)c1. The summed E-state index contributed by atoms with van der Waals surface area (Å²) in [5.41, 5.74) is 0.418. The van der Waals surface area contributed by atoms with Gasteiger partial charge in [-0.3, -0.25) is 4.90 Å². The Morgan fingerprint density at radius 3 is 2.89 bits per heavy atom.